The number of nitro groups is 1. The Kier molecular flexibility index (Phi) is 3.53. The molecule has 104 valence electrons. The van der Waals surface area contributed by atoms with Crippen LogP contribution in [0.2, 0.25) is 0 Å². The molecule has 7 heteroatoms. The van der Waals surface area contributed by atoms with Crippen LogP contribution >= 0.6 is 15.9 Å². The summed E-state index contributed by atoms with van der Waals surface area (Å²) in [5.74, 6) is 0.815. The van der Waals surface area contributed by atoms with Crippen molar-refractivity contribution >= 4 is 27.4 Å². The lowest BCUT2D eigenvalue weighted by Crippen LogP contribution is -2.65. The van der Waals surface area contributed by atoms with E-state index in [-0.39, 0.29) is 11.6 Å². The van der Waals surface area contributed by atoms with E-state index >= 15 is 0 Å². The molecule has 1 aromatic heterocycles. The molecule has 0 bridgehead atoms. The Bertz CT molecular complexity index is 527. The zero-order valence-electron chi connectivity index (χ0n) is 11.1. The first-order valence-electron chi connectivity index (χ1n) is 6.03. The predicted molar refractivity (Wildman–Crippen MR) is 75.3 cm³/mol. The Labute approximate surface area is 119 Å². The summed E-state index contributed by atoms with van der Waals surface area (Å²) < 4.78 is 0.618. The molecular formula is C12H16BrN3O3. The molecule has 0 amide bonds. The van der Waals surface area contributed by atoms with Crippen molar-refractivity contribution in [1.29, 1.82) is 0 Å². The zero-order chi connectivity index (χ0) is 14.4. The van der Waals surface area contributed by atoms with Gasteiger partial charge in [0.15, 0.2) is 0 Å². The molecule has 0 unspecified atom stereocenters. The second-order valence-corrected chi connectivity index (χ2v) is 6.07. The molecule has 0 atom stereocenters. The average molecular weight is 330 g/mol. The molecule has 1 saturated heterocycles. The number of rotatable bonds is 3. The number of anilines is 1. The Hall–Kier alpha value is -1.21. The normalized spacial score (nSPS) is 17.5. The number of nitrogens with zero attached hydrogens (tertiary/aromatic N) is 3. The van der Waals surface area contributed by atoms with Crippen LogP contribution in [0, 0.1) is 23.0 Å². The largest absolute Gasteiger partial charge is 0.386 e. The maximum atomic E-state index is 10.8. The van der Waals surface area contributed by atoms with Crippen LogP contribution in [-0.4, -0.2) is 33.7 Å². The van der Waals surface area contributed by atoms with Crippen molar-refractivity contribution in [2.45, 2.75) is 26.4 Å². The first-order chi connectivity index (χ1) is 8.76. The van der Waals surface area contributed by atoms with Crippen molar-refractivity contribution in [2.75, 3.05) is 18.0 Å². The van der Waals surface area contributed by atoms with E-state index in [4.69, 9.17) is 0 Å². The van der Waals surface area contributed by atoms with Crippen molar-refractivity contribution in [1.82, 2.24) is 4.98 Å². The third-order valence-electron chi connectivity index (χ3n) is 3.72. The smallest absolute Gasteiger partial charge is 0.291 e. The highest BCUT2D eigenvalue weighted by atomic mass is 79.9. The summed E-state index contributed by atoms with van der Waals surface area (Å²) in [6.07, 6.45) is 1.27. The summed E-state index contributed by atoms with van der Waals surface area (Å²) in [7, 11) is 0. The molecule has 19 heavy (non-hydrogen) atoms. The number of aliphatic hydroxyl groups is 1. The molecule has 2 rings (SSSR count). The molecule has 6 nitrogen and oxygen atoms in total. The van der Waals surface area contributed by atoms with Gasteiger partial charge in [0.1, 0.15) is 17.6 Å². The Morgan fingerprint density at radius 2 is 2.16 bits per heavy atom. The summed E-state index contributed by atoms with van der Waals surface area (Å²) in [6, 6.07) is 0. The zero-order valence-corrected chi connectivity index (χ0v) is 12.6. The van der Waals surface area contributed by atoms with Gasteiger partial charge in [-0.1, -0.05) is 13.8 Å². The number of pyridine rings is 1. The van der Waals surface area contributed by atoms with Gasteiger partial charge in [-0.25, -0.2) is 4.98 Å². The van der Waals surface area contributed by atoms with Crippen LogP contribution in [0.5, 0.6) is 0 Å². The van der Waals surface area contributed by atoms with E-state index in [1.807, 2.05) is 18.7 Å². The number of hydrogen-bond acceptors (Lipinski definition) is 5. The highest BCUT2D eigenvalue weighted by Crippen LogP contribution is 2.38. The topological polar surface area (TPSA) is 79.5 Å². The summed E-state index contributed by atoms with van der Waals surface area (Å²) in [5, 5.41) is 21.1. The first kappa shape index (κ1) is 14.2. The molecule has 1 aliphatic heterocycles. The maximum Gasteiger partial charge on any atom is 0.291 e. The van der Waals surface area contributed by atoms with Gasteiger partial charge in [0, 0.05) is 5.56 Å². The van der Waals surface area contributed by atoms with E-state index in [1.165, 1.54) is 6.20 Å². The average Bonchev–Trinajstić information content (AvgIpc) is 2.28. The third kappa shape index (κ3) is 2.32. The minimum atomic E-state index is -0.698. The van der Waals surface area contributed by atoms with Crippen LogP contribution in [0.15, 0.2) is 10.7 Å². The Balaban J connectivity index is 2.25. The fourth-order valence-corrected chi connectivity index (χ4v) is 2.65. The predicted octanol–water partition coefficient (Wildman–Crippen LogP) is 2.27. The van der Waals surface area contributed by atoms with E-state index in [2.05, 4.69) is 20.9 Å². The highest BCUT2D eigenvalue weighted by Gasteiger charge is 2.45. The molecule has 0 saturated carbocycles. The fraction of sp³-hybridized carbons (Fsp3) is 0.583. The van der Waals surface area contributed by atoms with Gasteiger partial charge in [-0.05, 0) is 28.8 Å². The lowest BCUT2D eigenvalue weighted by Gasteiger charge is -2.49. The monoisotopic (exact) mass is 329 g/mol. The number of hydrogen-bond donors (Lipinski definition) is 1. The van der Waals surface area contributed by atoms with E-state index in [0.29, 0.717) is 28.9 Å². The van der Waals surface area contributed by atoms with Gasteiger partial charge in [-0.2, -0.15) is 0 Å². The second-order valence-electron chi connectivity index (χ2n) is 5.28. The van der Waals surface area contributed by atoms with Gasteiger partial charge in [0.05, 0.1) is 22.5 Å². The molecule has 1 fully saturated rings. The standard InChI is InChI=1S/C12H16BrN3O3/c1-7(2)12(17)5-15(6-12)11-10(13)8(3)9(4-14-11)16(18)19/h4,7,17H,5-6H2,1-3H3. The summed E-state index contributed by atoms with van der Waals surface area (Å²) in [4.78, 5) is 16.4. The van der Waals surface area contributed by atoms with E-state index in [1.54, 1.807) is 6.92 Å². The van der Waals surface area contributed by atoms with Crippen LogP contribution < -0.4 is 4.90 Å². The SMILES string of the molecule is Cc1c([N+](=O)[O-])cnc(N2CC(O)(C(C)C)C2)c1Br. The van der Waals surface area contributed by atoms with Gasteiger partial charge < -0.3 is 10.0 Å². The Morgan fingerprint density at radius 3 is 2.63 bits per heavy atom. The van der Waals surface area contributed by atoms with E-state index in [9.17, 15) is 15.2 Å². The van der Waals surface area contributed by atoms with Crippen LogP contribution in [-0.2, 0) is 0 Å². The molecule has 2 heterocycles. The maximum absolute atomic E-state index is 10.8. The molecule has 1 aliphatic rings. The summed E-state index contributed by atoms with van der Waals surface area (Å²) in [6.45, 7) is 6.62. The highest BCUT2D eigenvalue weighted by molar-refractivity contribution is 9.10. The Morgan fingerprint density at radius 1 is 1.58 bits per heavy atom. The minimum absolute atomic E-state index is 0.00438. The molecule has 0 aromatic carbocycles. The fourth-order valence-electron chi connectivity index (χ4n) is 2.09. The van der Waals surface area contributed by atoms with Crippen molar-refractivity contribution in [3.05, 3.63) is 26.3 Å². The summed E-state index contributed by atoms with van der Waals surface area (Å²) >= 11 is 3.36. The van der Waals surface area contributed by atoms with E-state index < -0.39 is 10.5 Å². The number of halogens is 1. The van der Waals surface area contributed by atoms with Crippen molar-refractivity contribution < 1.29 is 10.0 Å². The lowest BCUT2D eigenvalue weighted by molar-refractivity contribution is -0.385. The van der Waals surface area contributed by atoms with Gasteiger partial charge in [-0.15, -0.1) is 0 Å². The van der Waals surface area contributed by atoms with Crippen LogP contribution in [0.1, 0.15) is 19.4 Å². The van der Waals surface area contributed by atoms with Gasteiger partial charge >= 0.3 is 0 Å². The molecule has 0 spiro atoms. The minimum Gasteiger partial charge on any atom is -0.386 e. The third-order valence-corrected chi connectivity index (χ3v) is 4.67. The molecule has 0 aliphatic carbocycles. The van der Waals surface area contributed by atoms with Crippen LogP contribution in [0.25, 0.3) is 0 Å². The van der Waals surface area contributed by atoms with Crippen molar-refractivity contribution in [3.8, 4) is 0 Å². The van der Waals surface area contributed by atoms with Crippen molar-refractivity contribution in [3.63, 3.8) is 0 Å². The second kappa shape index (κ2) is 4.72. The quantitative estimate of drug-likeness (QED) is 0.679. The van der Waals surface area contributed by atoms with Gasteiger partial charge in [0.25, 0.3) is 5.69 Å². The van der Waals surface area contributed by atoms with E-state index in [0.717, 1.165) is 0 Å². The number of aromatic nitrogens is 1. The molecule has 1 aromatic rings. The van der Waals surface area contributed by atoms with Crippen molar-refractivity contribution in [2.24, 2.45) is 5.92 Å². The number of β-amino-alcohol motifs (C(OH)–C–C–N with tert-alkyl or cyclic N) is 1. The van der Waals surface area contributed by atoms with Crippen LogP contribution in [0.3, 0.4) is 0 Å². The molecule has 1 N–H and O–H groups in total. The van der Waals surface area contributed by atoms with Gasteiger partial charge in [-0.3, -0.25) is 10.1 Å². The van der Waals surface area contributed by atoms with Crippen LogP contribution in [0.4, 0.5) is 11.5 Å². The molecule has 0 radical (unpaired) electrons. The molecular weight excluding hydrogens is 314 g/mol. The summed E-state index contributed by atoms with van der Waals surface area (Å²) in [5.41, 5.74) is -0.151. The first-order valence-corrected chi connectivity index (χ1v) is 6.82. The lowest BCUT2D eigenvalue weighted by atomic mass is 9.83. The van der Waals surface area contributed by atoms with Gasteiger partial charge in [0.2, 0.25) is 0 Å².